The van der Waals surface area contributed by atoms with Crippen molar-refractivity contribution in [2.75, 3.05) is 6.54 Å². The Morgan fingerprint density at radius 2 is 1.67 bits per heavy atom. The van der Waals surface area contributed by atoms with Gasteiger partial charge in [-0.05, 0) is 12.0 Å². The highest BCUT2D eigenvalue weighted by Crippen LogP contribution is 2.31. The lowest BCUT2D eigenvalue weighted by Crippen LogP contribution is -2.41. The van der Waals surface area contributed by atoms with Crippen LogP contribution in [0.1, 0.15) is 26.3 Å². The average Bonchev–Trinajstić information content (AvgIpc) is 2.61. The zero-order valence-corrected chi connectivity index (χ0v) is 13.3. The fraction of sp³-hybridized carbons (Fsp3) is 0.111. The van der Waals surface area contributed by atoms with Gasteiger partial charge < -0.3 is 0 Å². The number of hydrogen-bond acceptors (Lipinski definition) is 4. The van der Waals surface area contributed by atoms with Gasteiger partial charge in [0.05, 0.1) is 11.1 Å². The first-order chi connectivity index (χ1) is 11.7. The first-order valence-corrected chi connectivity index (χ1v) is 7.87. The van der Waals surface area contributed by atoms with Crippen molar-refractivity contribution in [2.45, 2.75) is 6.42 Å². The van der Waals surface area contributed by atoms with Gasteiger partial charge >= 0.3 is 0 Å². The van der Waals surface area contributed by atoms with Crippen molar-refractivity contribution in [3.05, 3.63) is 70.8 Å². The highest BCUT2D eigenvalue weighted by molar-refractivity contribution is 6.36. The summed E-state index contributed by atoms with van der Waals surface area (Å²) in [7, 11) is 0. The number of amides is 2. The Hall–Kier alpha value is -2.79. The molecule has 0 unspecified atom stereocenters. The van der Waals surface area contributed by atoms with Gasteiger partial charge in [0.1, 0.15) is 5.15 Å². The maximum atomic E-state index is 12.7. The molecule has 0 N–H and O–H groups in total. The van der Waals surface area contributed by atoms with E-state index in [0.29, 0.717) is 34.9 Å². The molecule has 1 aliphatic rings. The first kappa shape index (κ1) is 14.8. The molecule has 5 nitrogen and oxygen atoms in total. The van der Waals surface area contributed by atoms with E-state index in [4.69, 9.17) is 11.6 Å². The summed E-state index contributed by atoms with van der Waals surface area (Å²) in [5.74, 6) is -0.687. The molecule has 4 rings (SSSR count). The van der Waals surface area contributed by atoms with Gasteiger partial charge in [0, 0.05) is 35.9 Å². The highest BCUT2D eigenvalue weighted by atomic mass is 35.5. The number of rotatable bonds is 3. The summed E-state index contributed by atoms with van der Waals surface area (Å²) in [5.41, 5.74) is 1.84. The minimum Gasteiger partial charge on any atom is -0.274 e. The number of carbonyl (C=O) groups excluding carboxylic acids is 2. The zero-order valence-electron chi connectivity index (χ0n) is 12.6. The fourth-order valence-corrected chi connectivity index (χ4v) is 3.15. The molecule has 0 spiro atoms. The van der Waals surface area contributed by atoms with Crippen LogP contribution in [0, 0.1) is 0 Å². The standard InChI is InChI=1S/C18H12ClN3O2/c19-16-12-8-20-9-13-15(12)14(10-21-16)18(24)22(17(13)23)7-6-11-4-2-1-3-5-11/h1-5,8-10H,6-7H2. The van der Waals surface area contributed by atoms with Crippen molar-refractivity contribution in [3.8, 4) is 0 Å². The van der Waals surface area contributed by atoms with E-state index in [0.717, 1.165) is 5.56 Å². The first-order valence-electron chi connectivity index (χ1n) is 7.49. The maximum absolute atomic E-state index is 12.7. The summed E-state index contributed by atoms with van der Waals surface area (Å²) in [6.45, 7) is 0.306. The SMILES string of the molecule is O=C1c2cncc3c(Cl)ncc(c23)C(=O)N1CCc1ccccc1. The van der Waals surface area contributed by atoms with Gasteiger partial charge in [-0.15, -0.1) is 0 Å². The van der Waals surface area contributed by atoms with Gasteiger partial charge in [-0.2, -0.15) is 0 Å². The van der Waals surface area contributed by atoms with E-state index in [1.807, 2.05) is 30.3 Å². The molecule has 1 aromatic carbocycles. The topological polar surface area (TPSA) is 63.2 Å². The van der Waals surface area contributed by atoms with E-state index < -0.39 is 0 Å². The molecule has 0 saturated carbocycles. The van der Waals surface area contributed by atoms with Crippen LogP contribution in [-0.2, 0) is 6.42 Å². The Kier molecular flexibility index (Phi) is 3.50. The second-order valence-electron chi connectivity index (χ2n) is 5.57. The van der Waals surface area contributed by atoms with E-state index in [-0.39, 0.29) is 17.0 Å². The minimum atomic E-state index is -0.344. The molecule has 6 heteroatoms. The van der Waals surface area contributed by atoms with Crippen molar-refractivity contribution in [1.29, 1.82) is 0 Å². The molecule has 0 saturated heterocycles. The highest BCUT2D eigenvalue weighted by Gasteiger charge is 2.33. The number of nitrogens with zero attached hydrogens (tertiary/aromatic N) is 3. The Morgan fingerprint density at radius 3 is 2.42 bits per heavy atom. The van der Waals surface area contributed by atoms with Crippen molar-refractivity contribution in [3.63, 3.8) is 0 Å². The number of aromatic nitrogens is 2. The molecule has 2 aromatic heterocycles. The molecule has 3 heterocycles. The van der Waals surface area contributed by atoms with Crippen molar-refractivity contribution in [2.24, 2.45) is 0 Å². The van der Waals surface area contributed by atoms with Crippen LogP contribution < -0.4 is 0 Å². The summed E-state index contributed by atoms with van der Waals surface area (Å²) in [6, 6.07) is 9.73. The summed E-state index contributed by atoms with van der Waals surface area (Å²) >= 11 is 6.07. The molecule has 1 aliphatic heterocycles. The van der Waals surface area contributed by atoms with Crippen molar-refractivity contribution >= 4 is 34.2 Å². The van der Waals surface area contributed by atoms with Gasteiger partial charge in [-0.1, -0.05) is 41.9 Å². The number of pyridine rings is 2. The van der Waals surface area contributed by atoms with Crippen LogP contribution in [0.15, 0.2) is 48.9 Å². The summed E-state index contributed by atoms with van der Waals surface area (Å²) in [4.78, 5) is 34.9. The Bertz CT molecular complexity index is 950. The van der Waals surface area contributed by atoms with Crippen molar-refractivity contribution < 1.29 is 9.59 Å². The second kappa shape index (κ2) is 5.69. The quantitative estimate of drug-likeness (QED) is 0.544. The Balaban J connectivity index is 1.74. The smallest absolute Gasteiger partial charge is 0.262 e. The van der Waals surface area contributed by atoms with Crippen LogP contribution in [0.2, 0.25) is 5.15 Å². The van der Waals surface area contributed by atoms with E-state index in [1.165, 1.54) is 23.5 Å². The van der Waals surface area contributed by atoms with E-state index in [1.54, 1.807) is 0 Å². The molecular weight excluding hydrogens is 326 g/mol. The number of carbonyl (C=O) groups is 2. The molecule has 2 amide bonds. The molecular formula is C18H12ClN3O2. The third-order valence-electron chi connectivity index (χ3n) is 4.16. The molecule has 0 atom stereocenters. The van der Waals surface area contributed by atoms with Crippen LogP contribution in [0.5, 0.6) is 0 Å². The van der Waals surface area contributed by atoms with Gasteiger partial charge in [0.2, 0.25) is 0 Å². The molecule has 118 valence electrons. The molecule has 3 aromatic rings. The normalized spacial score (nSPS) is 13.6. The predicted molar refractivity (Wildman–Crippen MR) is 90.1 cm³/mol. The third kappa shape index (κ3) is 2.25. The Labute approximate surface area is 142 Å². The molecule has 0 aliphatic carbocycles. The van der Waals surface area contributed by atoms with Gasteiger partial charge in [-0.25, -0.2) is 4.98 Å². The van der Waals surface area contributed by atoms with Crippen LogP contribution >= 0.6 is 11.6 Å². The van der Waals surface area contributed by atoms with Gasteiger partial charge in [0.15, 0.2) is 0 Å². The lowest BCUT2D eigenvalue weighted by molar-refractivity contribution is 0.0612. The van der Waals surface area contributed by atoms with Crippen molar-refractivity contribution in [1.82, 2.24) is 14.9 Å². The largest absolute Gasteiger partial charge is 0.274 e. The molecule has 0 fully saturated rings. The predicted octanol–water partition coefficient (Wildman–Crippen LogP) is 3.12. The number of imide groups is 1. The van der Waals surface area contributed by atoms with Gasteiger partial charge in [-0.3, -0.25) is 19.5 Å². The number of halogens is 1. The van der Waals surface area contributed by atoms with Crippen LogP contribution in [0.4, 0.5) is 0 Å². The second-order valence-corrected chi connectivity index (χ2v) is 5.93. The Morgan fingerprint density at radius 1 is 0.958 bits per heavy atom. The van der Waals surface area contributed by atoms with E-state index >= 15 is 0 Å². The van der Waals surface area contributed by atoms with Crippen LogP contribution in [-0.4, -0.2) is 33.2 Å². The van der Waals surface area contributed by atoms with E-state index in [9.17, 15) is 9.59 Å². The fourth-order valence-electron chi connectivity index (χ4n) is 2.96. The monoisotopic (exact) mass is 337 g/mol. The molecule has 0 bridgehead atoms. The molecule has 24 heavy (non-hydrogen) atoms. The number of benzene rings is 1. The van der Waals surface area contributed by atoms with Crippen LogP contribution in [0.25, 0.3) is 10.8 Å². The lowest BCUT2D eigenvalue weighted by Gasteiger charge is -2.26. The summed E-state index contributed by atoms with van der Waals surface area (Å²) in [5, 5.41) is 1.30. The third-order valence-corrected chi connectivity index (χ3v) is 4.46. The van der Waals surface area contributed by atoms with Gasteiger partial charge in [0.25, 0.3) is 11.8 Å². The van der Waals surface area contributed by atoms with Crippen LogP contribution in [0.3, 0.4) is 0 Å². The lowest BCUT2D eigenvalue weighted by atomic mass is 9.98. The maximum Gasteiger partial charge on any atom is 0.262 e. The molecule has 0 radical (unpaired) electrons. The zero-order chi connectivity index (χ0) is 16.7. The minimum absolute atomic E-state index is 0.237. The summed E-state index contributed by atoms with van der Waals surface area (Å²) < 4.78 is 0. The summed E-state index contributed by atoms with van der Waals surface area (Å²) in [6.07, 6.45) is 5.03. The average molecular weight is 338 g/mol. The van der Waals surface area contributed by atoms with E-state index in [2.05, 4.69) is 9.97 Å². The number of hydrogen-bond donors (Lipinski definition) is 0.